The van der Waals surface area contributed by atoms with Gasteiger partial charge in [0.25, 0.3) is 0 Å². The number of nitrogens with one attached hydrogen (secondary N) is 1. The minimum Gasteiger partial charge on any atom is -0.311 e. The molecule has 2 aromatic heterocycles. The minimum atomic E-state index is 0.0480. The molecule has 0 aromatic carbocycles. The summed E-state index contributed by atoms with van der Waals surface area (Å²) in [5.74, 6) is 1.29. The number of nitrogens with zero attached hydrogens (tertiary/aromatic N) is 3. The van der Waals surface area contributed by atoms with E-state index in [1.165, 1.54) is 0 Å². The lowest BCUT2D eigenvalue weighted by atomic mass is 9.88. The molecule has 1 aliphatic heterocycles. The van der Waals surface area contributed by atoms with Gasteiger partial charge in [-0.2, -0.15) is 5.10 Å². The number of amides is 1. The van der Waals surface area contributed by atoms with Crippen molar-refractivity contribution in [3.63, 3.8) is 0 Å². The molecule has 1 unspecified atom stereocenters. The van der Waals surface area contributed by atoms with Crippen molar-refractivity contribution in [1.82, 2.24) is 14.8 Å². The molecule has 1 aliphatic rings. The third-order valence-corrected chi connectivity index (χ3v) is 4.66. The largest absolute Gasteiger partial charge is 0.311 e. The first kappa shape index (κ1) is 13.3. The van der Waals surface area contributed by atoms with Gasteiger partial charge in [-0.3, -0.25) is 9.48 Å². The molecule has 6 heteroatoms. The SMILES string of the molecule is Cc1ncc(C2CC(=O)Nc3c2c(C(C)C)nn3C)s1. The van der Waals surface area contributed by atoms with Gasteiger partial charge in [0.2, 0.25) is 5.91 Å². The van der Waals surface area contributed by atoms with E-state index in [-0.39, 0.29) is 11.8 Å². The summed E-state index contributed by atoms with van der Waals surface area (Å²) in [5, 5.41) is 8.58. The second-order valence-corrected chi connectivity index (χ2v) is 6.78. The molecule has 3 rings (SSSR count). The molecule has 0 spiro atoms. The highest BCUT2D eigenvalue weighted by Crippen LogP contribution is 2.42. The van der Waals surface area contributed by atoms with E-state index in [2.05, 4.69) is 29.2 Å². The molecule has 106 valence electrons. The Morgan fingerprint density at radius 1 is 1.50 bits per heavy atom. The number of hydrogen-bond acceptors (Lipinski definition) is 4. The predicted molar refractivity (Wildman–Crippen MR) is 79.2 cm³/mol. The number of fused-ring (bicyclic) bond motifs is 1. The molecule has 0 saturated carbocycles. The first-order valence-corrected chi connectivity index (χ1v) is 7.58. The highest BCUT2D eigenvalue weighted by Gasteiger charge is 2.34. The highest BCUT2D eigenvalue weighted by atomic mass is 32.1. The second-order valence-electron chi connectivity index (χ2n) is 5.51. The van der Waals surface area contributed by atoms with Crippen molar-refractivity contribution in [3.8, 4) is 0 Å². The molecular weight excluding hydrogens is 272 g/mol. The molecule has 5 nitrogen and oxygen atoms in total. The molecule has 0 saturated heterocycles. The van der Waals surface area contributed by atoms with Gasteiger partial charge in [-0.25, -0.2) is 4.98 Å². The van der Waals surface area contributed by atoms with Crippen molar-refractivity contribution in [2.24, 2.45) is 7.05 Å². The van der Waals surface area contributed by atoms with Crippen molar-refractivity contribution >= 4 is 23.1 Å². The Kier molecular flexibility index (Phi) is 3.12. The predicted octanol–water partition coefficient (Wildman–Crippen LogP) is 2.78. The number of aryl methyl sites for hydroxylation is 2. The Morgan fingerprint density at radius 2 is 2.25 bits per heavy atom. The maximum absolute atomic E-state index is 12.0. The maximum atomic E-state index is 12.0. The van der Waals surface area contributed by atoms with Gasteiger partial charge in [-0.05, 0) is 12.8 Å². The van der Waals surface area contributed by atoms with E-state index in [1.54, 1.807) is 16.0 Å². The molecule has 0 bridgehead atoms. The molecule has 1 N–H and O–H groups in total. The van der Waals surface area contributed by atoms with Gasteiger partial charge in [-0.15, -0.1) is 11.3 Å². The lowest BCUT2D eigenvalue weighted by Crippen LogP contribution is -2.24. The highest BCUT2D eigenvalue weighted by molar-refractivity contribution is 7.11. The van der Waals surface area contributed by atoms with Crippen molar-refractivity contribution < 1.29 is 4.79 Å². The monoisotopic (exact) mass is 290 g/mol. The molecular formula is C14H18N4OS. The number of thiazole rings is 1. The van der Waals surface area contributed by atoms with E-state index >= 15 is 0 Å². The number of aromatic nitrogens is 3. The zero-order valence-electron chi connectivity index (χ0n) is 12.1. The molecule has 0 aliphatic carbocycles. The summed E-state index contributed by atoms with van der Waals surface area (Å²) in [5.41, 5.74) is 2.23. The molecule has 0 radical (unpaired) electrons. The Morgan fingerprint density at radius 3 is 2.85 bits per heavy atom. The standard InChI is InChI=1S/C14H18N4OS/c1-7(2)13-12-9(10-6-15-8(3)20-10)5-11(19)16-14(12)18(4)17-13/h6-7,9H,5H2,1-4H3,(H,16,19). The minimum absolute atomic E-state index is 0.0480. The van der Waals surface area contributed by atoms with Gasteiger partial charge in [-0.1, -0.05) is 13.8 Å². The summed E-state index contributed by atoms with van der Waals surface area (Å²) in [4.78, 5) is 17.5. The van der Waals surface area contributed by atoms with E-state index in [4.69, 9.17) is 0 Å². The summed E-state index contributed by atoms with van der Waals surface area (Å²) in [6.07, 6.45) is 2.37. The fourth-order valence-electron chi connectivity index (χ4n) is 2.73. The lowest BCUT2D eigenvalue weighted by molar-refractivity contribution is -0.116. The van der Waals surface area contributed by atoms with Crippen LogP contribution >= 0.6 is 11.3 Å². The first-order chi connectivity index (χ1) is 9.47. The van der Waals surface area contributed by atoms with E-state index in [0.29, 0.717) is 12.3 Å². The van der Waals surface area contributed by atoms with Crippen LogP contribution in [0.5, 0.6) is 0 Å². The summed E-state index contributed by atoms with van der Waals surface area (Å²) in [7, 11) is 1.88. The molecule has 1 atom stereocenters. The van der Waals surface area contributed by atoms with Gasteiger partial charge >= 0.3 is 0 Å². The van der Waals surface area contributed by atoms with Gasteiger partial charge in [0.1, 0.15) is 5.82 Å². The van der Waals surface area contributed by atoms with Gasteiger partial charge in [0.15, 0.2) is 0 Å². The van der Waals surface area contributed by atoms with E-state index in [9.17, 15) is 4.79 Å². The fourth-order valence-corrected chi connectivity index (χ4v) is 3.63. The first-order valence-electron chi connectivity index (χ1n) is 6.76. The maximum Gasteiger partial charge on any atom is 0.226 e. The summed E-state index contributed by atoms with van der Waals surface area (Å²) in [6, 6.07) is 0. The Labute approximate surface area is 122 Å². The van der Waals surface area contributed by atoms with Crippen LogP contribution in [-0.2, 0) is 11.8 Å². The summed E-state index contributed by atoms with van der Waals surface area (Å²) < 4.78 is 1.78. The quantitative estimate of drug-likeness (QED) is 0.925. The zero-order chi connectivity index (χ0) is 14.4. The van der Waals surface area contributed by atoms with Crippen LogP contribution in [0.1, 0.15) is 53.2 Å². The van der Waals surface area contributed by atoms with Gasteiger partial charge in [0.05, 0.1) is 10.7 Å². The normalized spacial score (nSPS) is 18.2. The molecule has 3 heterocycles. The number of carbonyl (C=O) groups is 1. The van der Waals surface area contributed by atoms with Crippen molar-refractivity contribution in [2.45, 2.75) is 39.0 Å². The number of carbonyl (C=O) groups excluding carboxylic acids is 1. The van der Waals surface area contributed by atoms with Crippen LogP contribution < -0.4 is 5.32 Å². The van der Waals surface area contributed by atoms with Crippen LogP contribution in [0.15, 0.2) is 6.20 Å². The molecule has 0 fully saturated rings. The Hall–Kier alpha value is -1.69. The van der Waals surface area contributed by atoms with Crippen LogP contribution in [0.4, 0.5) is 5.82 Å². The van der Waals surface area contributed by atoms with Crippen molar-refractivity contribution in [1.29, 1.82) is 0 Å². The molecule has 1 amide bonds. The van der Waals surface area contributed by atoms with Crippen LogP contribution in [0.2, 0.25) is 0 Å². The van der Waals surface area contributed by atoms with Crippen LogP contribution in [0, 0.1) is 6.92 Å². The second kappa shape index (κ2) is 4.70. The smallest absolute Gasteiger partial charge is 0.226 e. The fraction of sp³-hybridized carbons (Fsp3) is 0.500. The van der Waals surface area contributed by atoms with Crippen LogP contribution in [-0.4, -0.2) is 20.7 Å². The third-order valence-electron chi connectivity index (χ3n) is 3.64. The average molecular weight is 290 g/mol. The van der Waals surface area contributed by atoms with Crippen LogP contribution in [0.25, 0.3) is 0 Å². The zero-order valence-corrected chi connectivity index (χ0v) is 12.9. The van der Waals surface area contributed by atoms with Crippen LogP contribution in [0.3, 0.4) is 0 Å². The third kappa shape index (κ3) is 2.04. The number of anilines is 1. The van der Waals surface area contributed by atoms with Crippen molar-refractivity contribution in [2.75, 3.05) is 5.32 Å². The van der Waals surface area contributed by atoms with Gasteiger partial charge in [0, 0.05) is 36.0 Å². The Bertz CT molecular complexity index is 671. The molecule has 2 aromatic rings. The Balaban J connectivity index is 2.17. The summed E-state index contributed by atoms with van der Waals surface area (Å²) >= 11 is 1.66. The van der Waals surface area contributed by atoms with Crippen molar-refractivity contribution in [3.05, 3.63) is 27.3 Å². The topological polar surface area (TPSA) is 59.8 Å². The summed E-state index contributed by atoms with van der Waals surface area (Å²) in [6.45, 7) is 6.26. The van der Waals surface area contributed by atoms with Gasteiger partial charge < -0.3 is 5.32 Å². The average Bonchev–Trinajstić information content (AvgIpc) is 2.94. The number of hydrogen-bond donors (Lipinski definition) is 1. The van der Waals surface area contributed by atoms with E-state index in [0.717, 1.165) is 27.0 Å². The van der Waals surface area contributed by atoms with E-state index < -0.39 is 0 Å². The number of rotatable bonds is 2. The molecule has 20 heavy (non-hydrogen) atoms. The lowest BCUT2D eigenvalue weighted by Gasteiger charge is -2.23. The van der Waals surface area contributed by atoms with E-state index in [1.807, 2.05) is 20.2 Å².